The summed E-state index contributed by atoms with van der Waals surface area (Å²) in [5, 5.41) is 0. The van der Waals surface area contributed by atoms with E-state index in [1.807, 2.05) is 4.90 Å². The number of likely N-dealkylation sites (tertiary alicyclic amines) is 1. The molecule has 0 aliphatic carbocycles. The predicted molar refractivity (Wildman–Crippen MR) is 112 cm³/mol. The van der Waals surface area contributed by atoms with Crippen LogP contribution in [-0.2, 0) is 4.79 Å². The zero-order valence-electron chi connectivity index (χ0n) is 15.8. The van der Waals surface area contributed by atoms with Gasteiger partial charge in [-0.1, -0.05) is 36.0 Å². The summed E-state index contributed by atoms with van der Waals surface area (Å²) in [5.74, 6) is 0.804. The molecule has 0 aromatic heterocycles. The number of hydrogen-bond acceptors (Lipinski definition) is 4. The van der Waals surface area contributed by atoms with Crippen LogP contribution in [0.5, 0.6) is 0 Å². The fraction of sp³-hybridized carbons (Fsp3) is 0.409. The Labute approximate surface area is 165 Å². The van der Waals surface area contributed by atoms with Crippen LogP contribution in [0.2, 0.25) is 0 Å². The van der Waals surface area contributed by atoms with Crippen molar-refractivity contribution in [1.29, 1.82) is 0 Å². The van der Waals surface area contributed by atoms with Crippen LogP contribution >= 0.6 is 11.8 Å². The Kier molecular flexibility index (Phi) is 5.41. The van der Waals surface area contributed by atoms with Crippen molar-refractivity contribution in [2.75, 3.05) is 24.5 Å². The monoisotopic (exact) mass is 381 g/mol. The molecule has 2 aliphatic rings. The zero-order valence-corrected chi connectivity index (χ0v) is 16.6. The number of rotatable bonds is 4. The van der Waals surface area contributed by atoms with Crippen molar-refractivity contribution in [3.8, 4) is 0 Å². The normalized spacial score (nSPS) is 18.0. The molecule has 0 spiro atoms. The first-order valence-electron chi connectivity index (χ1n) is 9.80. The SMILES string of the molecule is CC(N)C1CCN(C(=O)CCN2c3ccccc3Sc3ccccc32)CC1. The molecule has 1 unspecified atom stereocenters. The average molecular weight is 382 g/mol. The van der Waals surface area contributed by atoms with Gasteiger partial charge in [-0.25, -0.2) is 0 Å². The average Bonchev–Trinajstić information content (AvgIpc) is 2.71. The Morgan fingerprint density at radius 3 is 2.19 bits per heavy atom. The summed E-state index contributed by atoms with van der Waals surface area (Å²) in [5.41, 5.74) is 8.42. The maximum absolute atomic E-state index is 12.8. The molecule has 2 aromatic rings. The van der Waals surface area contributed by atoms with Gasteiger partial charge in [-0.3, -0.25) is 4.79 Å². The smallest absolute Gasteiger partial charge is 0.224 e. The molecule has 4 nitrogen and oxygen atoms in total. The van der Waals surface area contributed by atoms with Crippen molar-refractivity contribution >= 4 is 29.0 Å². The summed E-state index contributed by atoms with van der Waals surface area (Å²) < 4.78 is 0. The van der Waals surface area contributed by atoms with Gasteiger partial charge in [0.2, 0.25) is 5.91 Å². The number of fused-ring (bicyclic) bond motifs is 2. The van der Waals surface area contributed by atoms with Gasteiger partial charge in [0.1, 0.15) is 0 Å². The Bertz CT molecular complexity index is 769. The van der Waals surface area contributed by atoms with E-state index in [-0.39, 0.29) is 11.9 Å². The van der Waals surface area contributed by atoms with Gasteiger partial charge in [0.25, 0.3) is 0 Å². The van der Waals surface area contributed by atoms with Gasteiger partial charge in [-0.05, 0) is 49.9 Å². The van der Waals surface area contributed by atoms with E-state index < -0.39 is 0 Å². The summed E-state index contributed by atoms with van der Waals surface area (Å²) in [7, 11) is 0. The van der Waals surface area contributed by atoms with E-state index in [4.69, 9.17) is 5.73 Å². The van der Waals surface area contributed by atoms with Crippen molar-refractivity contribution in [3.05, 3.63) is 48.5 Å². The largest absolute Gasteiger partial charge is 0.343 e. The van der Waals surface area contributed by atoms with Crippen LogP contribution in [0, 0.1) is 5.92 Å². The van der Waals surface area contributed by atoms with Gasteiger partial charge in [0.05, 0.1) is 11.4 Å². The molecule has 27 heavy (non-hydrogen) atoms. The summed E-state index contributed by atoms with van der Waals surface area (Å²) in [4.78, 5) is 19.6. The van der Waals surface area contributed by atoms with E-state index in [1.165, 1.54) is 21.2 Å². The minimum Gasteiger partial charge on any atom is -0.343 e. The number of carbonyl (C=O) groups is 1. The standard InChI is InChI=1S/C22H27N3OS/c1-16(23)17-10-13-24(14-11-17)22(26)12-15-25-18-6-2-4-8-20(18)27-21-9-5-3-7-19(21)25/h2-9,16-17H,10-15,23H2,1H3. The number of nitrogens with zero attached hydrogens (tertiary/aromatic N) is 2. The number of amides is 1. The summed E-state index contributed by atoms with van der Waals surface area (Å²) in [6.07, 6.45) is 2.58. The molecular weight excluding hydrogens is 354 g/mol. The zero-order chi connectivity index (χ0) is 18.8. The van der Waals surface area contributed by atoms with Gasteiger partial charge in [-0.15, -0.1) is 0 Å². The fourth-order valence-corrected chi connectivity index (χ4v) is 5.16. The molecule has 5 heteroatoms. The number of hydrogen-bond donors (Lipinski definition) is 1. The Morgan fingerprint density at radius 2 is 1.63 bits per heavy atom. The summed E-state index contributed by atoms with van der Waals surface area (Å²) in [6, 6.07) is 17.1. The van der Waals surface area contributed by atoms with Gasteiger partial charge < -0.3 is 15.5 Å². The fourth-order valence-electron chi connectivity index (χ4n) is 4.06. The molecule has 142 valence electrons. The molecule has 2 aromatic carbocycles. The molecule has 1 atom stereocenters. The quantitative estimate of drug-likeness (QED) is 0.859. The van der Waals surface area contributed by atoms with Gasteiger partial charge in [0.15, 0.2) is 0 Å². The molecule has 1 amide bonds. The lowest BCUT2D eigenvalue weighted by Crippen LogP contribution is -2.43. The Hall–Kier alpha value is -1.98. The van der Waals surface area contributed by atoms with E-state index in [9.17, 15) is 4.79 Å². The third-order valence-electron chi connectivity index (χ3n) is 5.72. The van der Waals surface area contributed by atoms with E-state index in [0.29, 0.717) is 18.9 Å². The lowest BCUT2D eigenvalue weighted by molar-refractivity contribution is -0.132. The first-order chi connectivity index (χ1) is 13.1. The predicted octanol–water partition coefficient (Wildman–Crippen LogP) is 4.27. The number of piperidine rings is 1. The van der Waals surface area contributed by atoms with Crippen LogP contribution in [0.3, 0.4) is 0 Å². The van der Waals surface area contributed by atoms with Crippen molar-refractivity contribution in [3.63, 3.8) is 0 Å². The first kappa shape index (κ1) is 18.4. The Balaban J connectivity index is 1.45. The molecule has 0 saturated carbocycles. The van der Waals surface area contributed by atoms with Crippen molar-refractivity contribution in [1.82, 2.24) is 4.90 Å². The third-order valence-corrected chi connectivity index (χ3v) is 6.85. The van der Waals surface area contributed by atoms with Crippen LogP contribution in [0.1, 0.15) is 26.2 Å². The minimum absolute atomic E-state index is 0.223. The first-order valence-corrected chi connectivity index (χ1v) is 10.6. The summed E-state index contributed by atoms with van der Waals surface area (Å²) >= 11 is 1.80. The van der Waals surface area contributed by atoms with Gasteiger partial charge in [-0.2, -0.15) is 0 Å². The Morgan fingerprint density at radius 1 is 1.07 bits per heavy atom. The molecule has 0 radical (unpaired) electrons. The molecule has 2 aliphatic heterocycles. The molecule has 1 fully saturated rings. The van der Waals surface area contributed by atoms with Crippen molar-refractivity contribution in [2.24, 2.45) is 11.7 Å². The van der Waals surface area contributed by atoms with Gasteiger partial charge >= 0.3 is 0 Å². The molecule has 2 N–H and O–H groups in total. The number of nitrogens with two attached hydrogens (primary N) is 1. The van der Waals surface area contributed by atoms with E-state index in [2.05, 4.69) is 60.4 Å². The van der Waals surface area contributed by atoms with Crippen LogP contribution in [-0.4, -0.2) is 36.5 Å². The highest BCUT2D eigenvalue weighted by atomic mass is 32.2. The number of benzene rings is 2. The maximum Gasteiger partial charge on any atom is 0.224 e. The number of para-hydroxylation sites is 2. The number of anilines is 2. The lowest BCUT2D eigenvalue weighted by Gasteiger charge is -2.35. The van der Waals surface area contributed by atoms with Crippen LogP contribution in [0.4, 0.5) is 11.4 Å². The van der Waals surface area contributed by atoms with E-state index in [1.54, 1.807) is 11.8 Å². The highest BCUT2D eigenvalue weighted by molar-refractivity contribution is 7.99. The van der Waals surface area contributed by atoms with E-state index in [0.717, 1.165) is 25.9 Å². The molecule has 1 saturated heterocycles. The highest BCUT2D eigenvalue weighted by Crippen LogP contribution is 2.47. The van der Waals surface area contributed by atoms with Crippen LogP contribution in [0.15, 0.2) is 58.3 Å². The molecule has 4 rings (SSSR count). The maximum atomic E-state index is 12.8. The molecule has 2 heterocycles. The summed E-state index contributed by atoms with van der Waals surface area (Å²) in [6.45, 7) is 4.47. The van der Waals surface area contributed by atoms with Crippen LogP contribution < -0.4 is 10.6 Å². The second-order valence-electron chi connectivity index (χ2n) is 7.52. The van der Waals surface area contributed by atoms with Gasteiger partial charge in [0, 0.05) is 41.9 Å². The lowest BCUT2D eigenvalue weighted by atomic mass is 9.91. The topological polar surface area (TPSA) is 49.6 Å². The molecule has 0 bridgehead atoms. The van der Waals surface area contributed by atoms with Crippen LogP contribution in [0.25, 0.3) is 0 Å². The van der Waals surface area contributed by atoms with Crippen molar-refractivity contribution in [2.45, 2.75) is 42.0 Å². The second-order valence-corrected chi connectivity index (χ2v) is 8.60. The van der Waals surface area contributed by atoms with Crippen molar-refractivity contribution < 1.29 is 4.79 Å². The van der Waals surface area contributed by atoms with E-state index >= 15 is 0 Å². The number of carbonyl (C=O) groups excluding carboxylic acids is 1. The third kappa shape index (κ3) is 3.85. The highest BCUT2D eigenvalue weighted by Gasteiger charge is 2.27. The second kappa shape index (κ2) is 7.95. The molecular formula is C22H27N3OS. The minimum atomic E-state index is 0.223.